The van der Waals surface area contributed by atoms with Crippen molar-refractivity contribution < 1.29 is 13.6 Å². The summed E-state index contributed by atoms with van der Waals surface area (Å²) >= 11 is 1.51. The van der Waals surface area contributed by atoms with E-state index in [0.717, 1.165) is 22.1 Å². The first kappa shape index (κ1) is 21.2. The first-order valence-corrected chi connectivity index (χ1v) is 11.0. The van der Waals surface area contributed by atoms with Crippen LogP contribution < -0.4 is 10.4 Å². The van der Waals surface area contributed by atoms with Gasteiger partial charge in [0.2, 0.25) is 0 Å². The number of rotatable bonds is 7. The van der Waals surface area contributed by atoms with Gasteiger partial charge in [0.15, 0.2) is 6.61 Å². The van der Waals surface area contributed by atoms with Gasteiger partial charge in [0, 0.05) is 28.2 Å². The van der Waals surface area contributed by atoms with Crippen molar-refractivity contribution in [2.24, 2.45) is 0 Å². The molecule has 2 aromatic heterocycles. The first-order valence-electron chi connectivity index (χ1n) is 10.1. The highest BCUT2D eigenvalue weighted by molar-refractivity contribution is 7.99. The van der Waals surface area contributed by atoms with Crippen molar-refractivity contribution in [1.29, 1.82) is 0 Å². The molecule has 0 unspecified atom stereocenters. The zero-order valence-electron chi connectivity index (χ0n) is 18.0. The van der Waals surface area contributed by atoms with Crippen LogP contribution in [0.2, 0.25) is 0 Å². The van der Waals surface area contributed by atoms with Crippen molar-refractivity contribution in [3.05, 3.63) is 81.0 Å². The minimum atomic E-state index is -0.318. The number of hydrogen-bond donors (Lipinski definition) is 0. The van der Waals surface area contributed by atoms with E-state index in [0.29, 0.717) is 39.7 Å². The molecule has 0 aliphatic heterocycles. The zero-order chi connectivity index (χ0) is 22.0. The van der Waals surface area contributed by atoms with E-state index in [1.165, 1.54) is 11.8 Å². The summed E-state index contributed by atoms with van der Waals surface area (Å²) in [5, 5.41) is 9.82. The van der Waals surface area contributed by atoms with E-state index < -0.39 is 0 Å². The van der Waals surface area contributed by atoms with E-state index in [-0.39, 0.29) is 12.2 Å². The molecule has 0 aliphatic carbocycles. The third-order valence-electron chi connectivity index (χ3n) is 5.01. The fourth-order valence-corrected chi connectivity index (χ4v) is 4.05. The van der Waals surface area contributed by atoms with Crippen LogP contribution in [-0.2, 0) is 13.0 Å². The number of ether oxygens (including phenoxy) is 1. The molecule has 31 heavy (non-hydrogen) atoms. The van der Waals surface area contributed by atoms with Crippen LogP contribution in [0.3, 0.4) is 0 Å². The number of fused-ring (bicyclic) bond motifs is 1. The minimum Gasteiger partial charge on any atom is -0.483 e. The van der Waals surface area contributed by atoms with Crippen LogP contribution in [0.1, 0.15) is 42.0 Å². The molecule has 6 nitrogen and oxygen atoms in total. The molecule has 160 valence electrons. The largest absolute Gasteiger partial charge is 0.483 e. The van der Waals surface area contributed by atoms with Crippen LogP contribution in [0.4, 0.5) is 0 Å². The topological polar surface area (TPSA) is 78.4 Å². The van der Waals surface area contributed by atoms with Crippen LogP contribution in [0.5, 0.6) is 5.75 Å². The van der Waals surface area contributed by atoms with Gasteiger partial charge in [-0.25, -0.2) is 4.79 Å². The predicted octanol–water partition coefficient (Wildman–Crippen LogP) is 5.46. The highest BCUT2D eigenvalue weighted by Crippen LogP contribution is 2.30. The molecule has 0 aliphatic rings. The minimum absolute atomic E-state index is 0.146. The summed E-state index contributed by atoms with van der Waals surface area (Å²) in [6.07, 6.45) is 0.538. The Bertz CT molecular complexity index is 1260. The number of benzene rings is 2. The van der Waals surface area contributed by atoms with E-state index in [1.807, 2.05) is 56.3 Å². The molecule has 0 bridgehead atoms. The van der Waals surface area contributed by atoms with Crippen molar-refractivity contribution in [1.82, 2.24) is 10.2 Å². The van der Waals surface area contributed by atoms with E-state index in [4.69, 9.17) is 13.6 Å². The predicted molar refractivity (Wildman–Crippen MR) is 121 cm³/mol. The second-order valence-corrected chi connectivity index (χ2v) is 9.17. The molecule has 0 radical (unpaired) electrons. The molecule has 2 heterocycles. The lowest BCUT2D eigenvalue weighted by Crippen LogP contribution is -2.11. The molecular formula is C24H24N2O4S. The number of nitrogens with zero attached hydrogens (tertiary/aromatic N) is 2. The molecule has 0 amide bonds. The Balaban J connectivity index is 1.59. The maximum absolute atomic E-state index is 12.7. The summed E-state index contributed by atoms with van der Waals surface area (Å²) in [4.78, 5) is 12.7. The van der Waals surface area contributed by atoms with Gasteiger partial charge in [-0.15, -0.1) is 10.2 Å². The maximum atomic E-state index is 12.7. The van der Waals surface area contributed by atoms with Gasteiger partial charge in [-0.2, -0.15) is 0 Å². The van der Waals surface area contributed by atoms with Crippen LogP contribution in [0.15, 0.2) is 61.3 Å². The van der Waals surface area contributed by atoms with E-state index in [1.54, 1.807) is 0 Å². The SMILES string of the molecule is Cc1c(Cc2ccccc2)c(=O)oc2c(C)c(OCc3nnc(SC(C)C)o3)ccc12. The summed E-state index contributed by atoms with van der Waals surface area (Å²) in [5.74, 6) is 1.01. The second-order valence-electron chi connectivity index (χ2n) is 7.64. The average Bonchev–Trinajstić information content (AvgIpc) is 3.18. The Morgan fingerprint density at radius 1 is 1.00 bits per heavy atom. The van der Waals surface area contributed by atoms with E-state index in [9.17, 15) is 4.79 Å². The first-order chi connectivity index (χ1) is 14.9. The van der Waals surface area contributed by atoms with Crippen LogP contribution in [-0.4, -0.2) is 15.4 Å². The van der Waals surface area contributed by atoms with Gasteiger partial charge < -0.3 is 13.6 Å². The molecule has 4 aromatic rings. The number of thioether (sulfide) groups is 1. The smallest absolute Gasteiger partial charge is 0.340 e. The fraction of sp³-hybridized carbons (Fsp3) is 0.292. The van der Waals surface area contributed by atoms with Gasteiger partial charge in [0.25, 0.3) is 11.1 Å². The molecular weight excluding hydrogens is 412 g/mol. The van der Waals surface area contributed by atoms with E-state index >= 15 is 0 Å². The lowest BCUT2D eigenvalue weighted by Gasteiger charge is -2.12. The standard InChI is InChI=1S/C24H24N2O4S/c1-14(2)31-24-26-25-21(29-24)13-28-20-11-10-18-15(3)19(12-17-8-6-5-7-9-17)23(27)30-22(18)16(20)4/h5-11,14H,12-13H2,1-4H3. The van der Waals surface area contributed by atoms with Crippen molar-refractivity contribution in [2.45, 2.75) is 51.2 Å². The van der Waals surface area contributed by atoms with Crippen LogP contribution in [0.25, 0.3) is 11.0 Å². The quantitative estimate of drug-likeness (QED) is 0.281. The fourth-order valence-electron chi connectivity index (χ4n) is 3.42. The Morgan fingerprint density at radius 2 is 1.77 bits per heavy atom. The highest BCUT2D eigenvalue weighted by atomic mass is 32.2. The van der Waals surface area contributed by atoms with Crippen LogP contribution in [0, 0.1) is 13.8 Å². The Labute approximate surface area is 184 Å². The molecule has 0 atom stereocenters. The van der Waals surface area contributed by atoms with E-state index in [2.05, 4.69) is 24.0 Å². The summed E-state index contributed by atoms with van der Waals surface area (Å²) in [7, 11) is 0. The lowest BCUT2D eigenvalue weighted by molar-refractivity contribution is 0.250. The Morgan fingerprint density at radius 3 is 2.52 bits per heavy atom. The molecule has 0 saturated heterocycles. The summed E-state index contributed by atoms with van der Waals surface area (Å²) in [5.41, 5.74) is 3.66. The second kappa shape index (κ2) is 8.98. The normalized spacial score (nSPS) is 11.4. The lowest BCUT2D eigenvalue weighted by atomic mass is 9.98. The molecule has 4 rings (SSSR count). The summed E-state index contributed by atoms with van der Waals surface area (Å²) in [6, 6.07) is 13.7. The van der Waals surface area contributed by atoms with Crippen LogP contribution >= 0.6 is 11.8 Å². The van der Waals surface area contributed by atoms with Gasteiger partial charge in [-0.05, 0) is 37.1 Å². The Kier molecular flexibility index (Phi) is 6.13. The molecule has 0 saturated carbocycles. The monoisotopic (exact) mass is 436 g/mol. The maximum Gasteiger partial charge on any atom is 0.340 e. The van der Waals surface area contributed by atoms with Crippen molar-refractivity contribution in [3.63, 3.8) is 0 Å². The summed E-state index contributed by atoms with van der Waals surface area (Å²) < 4.78 is 17.2. The average molecular weight is 437 g/mol. The number of aromatic nitrogens is 2. The van der Waals surface area contributed by atoms with Crippen molar-refractivity contribution >= 4 is 22.7 Å². The third-order valence-corrected chi connectivity index (χ3v) is 5.85. The van der Waals surface area contributed by atoms with Crippen molar-refractivity contribution in [3.8, 4) is 5.75 Å². The molecule has 0 fully saturated rings. The van der Waals surface area contributed by atoms with Gasteiger partial charge in [0.1, 0.15) is 11.3 Å². The summed E-state index contributed by atoms with van der Waals surface area (Å²) in [6.45, 7) is 8.11. The Hall–Kier alpha value is -3.06. The molecule has 0 N–H and O–H groups in total. The van der Waals surface area contributed by atoms with Gasteiger partial charge in [-0.1, -0.05) is 55.9 Å². The van der Waals surface area contributed by atoms with Crippen molar-refractivity contribution in [2.75, 3.05) is 0 Å². The van der Waals surface area contributed by atoms with Gasteiger partial charge in [0.05, 0.1) is 0 Å². The third kappa shape index (κ3) is 4.66. The molecule has 2 aromatic carbocycles. The number of aryl methyl sites for hydroxylation is 2. The molecule has 0 spiro atoms. The van der Waals surface area contributed by atoms with Gasteiger partial charge >= 0.3 is 5.63 Å². The number of hydrogen-bond acceptors (Lipinski definition) is 7. The highest BCUT2D eigenvalue weighted by Gasteiger charge is 2.16. The van der Waals surface area contributed by atoms with Gasteiger partial charge in [-0.3, -0.25) is 0 Å². The zero-order valence-corrected chi connectivity index (χ0v) is 18.8. The molecule has 7 heteroatoms.